The van der Waals surface area contributed by atoms with Crippen molar-refractivity contribution >= 4 is 5.69 Å². The summed E-state index contributed by atoms with van der Waals surface area (Å²) in [5, 5.41) is 9.41. The lowest BCUT2D eigenvalue weighted by Gasteiger charge is -2.20. The van der Waals surface area contributed by atoms with Gasteiger partial charge in [-0.2, -0.15) is 0 Å². The largest absolute Gasteiger partial charge is 0.508 e. The van der Waals surface area contributed by atoms with Crippen LogP contribution in [-0.2, 0) is 6.54 Å². The Bertz CT molecular complexity index is 560. The minimum atomic E-state index is 0.287. The van der Waals surface area contributed by atoms with Gasteiger partial charge < -0.3 is 10.8 Å². The van der Waals surface area contributed by atoms with Crippen molar-refractivity contribution in [2.24, 2.45) is 0 Å². The fourth-order valence-corrected chi connectivity index (χ4v) is 2.36. The number of phenolic OH excluding ortho intramolecular Hbond substituents is 1. The van der Waals surface area contributed by atoms with E-state index in [4.69, 9.17) is 5.73 Å². The van der Waals surface area contributed by atoms with Crippen molar-refractivity contribution < 1.29 is 5.11 Å². The summed E-state index contributed by atoms with van der Waals surface area (Å²) in [6.07, 6.45) is 0. The molecule has 0 amide bonds. The molecule has 0 heterocycles. The molecule has 3 heteroatoms. The molecule has 0 aliphatic rings. The van der Waals surface area contributed by atoms with Gasteiger partial charge in [0.1, 0.15) is 5.75 Å². The zero-order valence-electron chi connectivity index (χ0n) is 12.1. The summed E-state index contributed by atoms with van der Waals surface area (Å²) >= 11 is 0. The number of hydrogen-bond acceptors (Lipinski definition) is 3. The monoisotopic (exact) mass is 270 g/mol. The van der Waals surface area contributed by atoms with E-state index in [2.05, 4.69) is 24.8 Å². The quantitative estimate of drug-likeness (QED) is 0.818. The van der Waals surface area contributed by atoms with Crippen LogP contribution in [0.15, 0.2) is 42.5 Å². The van der Waals surface area contributed by atoms with Gasteiger partial charge in [-0.3, -0.25) is 4.90 Å². The minimum absolute atomic E-state index is 0.287. The fourth-order valence-electron chi connectivity index (χ4n) is 2.36. The summed E-state index contributed by atoms with van der Waals surface area (Å²) in [4.78, 5) is 2.36. The number of anilines is 1. The third kappa shape index (κ3) is 3.31. The molecule has 0 aliphatic heterocycles. The Morgan fingerprint density at radius 2 is 1.65 bits per heavy atom. The molecular weight excluding hydrogens is 248 g/mol. The Morgan fingerprint density at radius 1 is 1.00 bits per heavy atom. The predicted molar refractivity (Wildman–Crippen MR) is 84.6 cm³/mol. The molecule has 0 fully saturated rings. The van der Waals surface area contributed by atoms with Crippen LogP contribution >= 0.6 is 0 Å². The number of rotatable bonds is 5. The van der Waals surface area contributed by atoms with Gasteiger partial charge in [-0.05, 0) is 54.0 Å². The van der Waals surface area contributed by atoms with Crippen molar-refractivity contribution in [3.63, 3.8) is 0 Å². The molecule has 2 aromatic rings. The van der Waals surface area contributed by atoms with E-state index in [0.29, 0.717) is 0 Å². The van der Waals surface area contributed by atoms with E-state index in [1.807, 2.05) is 24.3 Å². The van der Waals surface area contributed by atoms with Gasteiger partial charge in [-0.1, -0.05) is 32.0 Å². The minimum Gasteiger partial charge on any atom is -0.508 e. The first-order valence-electron chi connectivity index (χ1n) is 7.04. The van der Waals surface area contributed by atoms with Crippen LogP contribution in [0, 0.1) is 0 Å². The molecule has 106 valence electrons. The highest BCUT2D eigenvalue weighted by molar-refractivity contribution is 5.70. The van der Waals surface area contributed by atoms with E-state index in [1.54, 1.807) is 12.1 Å². The molecule has 3 N–H and O–H groups in total. The van der Waals surface area contributed by atoms with Crippen LogP contribution in [0.5, 0.6) is 5.75 Å². The highest BCUT2D eigenvalue weighted by Crippen LogP contribution is 2.28. The van der Waals surface area contributed by atoms with E-state index >= 15 is 0 Å². The molecule has 3 nitrogen and oxygen atoms in total. The molecule has 0 aliphatic carbocycles. The summed E-state index contributed by atoms with van der Waals surface area (Å²) in [7, 11) is 0. The summed E-state index contributed by atoms with van der Waals surface area (Å²) in [6.45, 7) is 7.24. The molecule has 0 saturated heterocycles. The summed E-state index contributed by atoms with van der Waals surface area (Å²) in [5.41, 5.74) is 10.2. The van der Waals surface area contributed by atoms with Gasteiger partial charge in [0.05, 0.1) is 0 Å². The molecule has 0 unspecified atom stereocenters. The second-order valence-electron chi connectivity index (χ2n) is 4.92. The Hall–Kier alpha value is -2.00. The van der Waals surface area contributed by atoms with Crippen molar-refractivity contribution in [3.05, 3.63) is 48.0 Å². The van der Waals surface area contributed by atoms with E-state index in [-0.39, 0.29) is 5.75 Å². The molecule has 2 aromatic carbocycles. The number of phenols is 1. The van der Waals surface area contributed by atoms with Crippen LogP contribution in [0.4, 0.5) is 5.69 Å². The number of nitrogens with zero attached hydrogens (tertiary/aromatic N) is 1. The third-order valence-electron chi connectivity index (χ3n) is 3.60. The van der Waals surface area contributed by atoms with Crippen LogP contribution in [0.3, 0.4) is 0 Å². The second kappa shape index (κ2) is 6.44. The molecule has 0 radical (unpaired) electrons. The molecule has 0 aromatic heterocycles. The van der Waals surface area contributed by atoms with Gasteiger partial charge in [-0.15, -0.1) is 0 Å². The lowest BCUT2D eigenvalue weighted by molar-refractivity contribution is 0.296. The number of nitrogens with two attached hydrogens (primary N) is 1. The molecular formula is C17H22N2O. The number of aromatic hydroxyl groups is 1. The molecule has 0 spiro atoms. The van der Waals surface area contributed by atoms with Gasteiger partial charge >= 0.3 is 0 Å². The van der Waals surface area contributed by atoms with Crippen LogP contribution in [-0.4, -0.2) is 23.1 Å². The first kappa shape index (κ1) is 14.4. The zero-order chi connectivity index (χ0) is 14.5. The normalized spacial score (nSPS) is 10.9. The van der Waals surface area contributed by atoms with Gasteiger partial charge in [-0.25, -0.2) is 0 Å². The standard InChI is InChI=1S/C17H22N2O/c1-3-19(4-2)12-14-11-15(18)7-10-17(14)13-5-8-16(20)9-6-13/h5-11,20H,3-4,12,18H2,1-2H3. The highest BCUT2D eigenvalue weighted by Gasteiger charge is 2.09. The van der Waals surface area contributed by atoms with Gasteiger partial charge in [0.15, 0.2) is 0 Å². The summed E-state index contributed by atoms with van der Waals surface area (Å²) < 4.78 is 0. The van der Waals surface area contributed by atoms with Crippen LogP contribution in [0.1, 0.15) is 19.4 Å². The van der Waals surface area contributed by atoms with Crippen LogP contribution in [0.25, 0.3) is 11.1 Å². The SMILES string of the molecule is CCN(CC)Cc1cc(N)ccc1-c1ccc(O)cc1. The maximum Gasteiger partial charge on any atom is 0.115 e. The Kier molecular flexibility index (Phi) is 4.64. The number of benzene rings is 2. The van der Waals surface area contributed by atoms with E-state index < -0.39 is 0 Å². The van der Waals surface area contributed by atoms with Crippen molar-refractivity contribution in [2.45, 2.75) is 20.4 Å². The highest BCUT2D eigenvalue weighted by atomic mass is 16.3. The van der Waals surface area contributed by atoms with E-state index in [0.717, 1.165) is 30.9 Å². The van der Waals surface area contributed by atoms with Gasteiger partial charge in [0.2, 0.25) is 0 Å². The third-order valence-corrected chi connectivity index (χ3v) is 3.60. The lowest BCUT2D eigenvalue weighted by atomic mass is 9.98. The molecule has 0 saturated carbocycles. The maximum absolute atomic E-state index is 9.41. The van der Waals surface area contributed by atoms with Crippen molar-refractivity contribution in [2.75, 3.05) is 18.8 Å². The fraction of sp³-hybridized carbons (Fsp3) is 0.294. The van der Waals surface area contributed by atoms with Crippen molar-refractivity contribution in [1.82, 2.24) is 4.90 Å². The number of nitrogen functional groups attached to an aromatic ring is 1. The second-order valence-corrected chi connectivity index (χ2v) is 4.92. The smallest absolute Gasteiger partial charge is 0.115 e. The Balaban J connectivity index is 2.39. The average molecular weight is 270 g/mol. The van der Waals surface area contributed by atoms with Gasteiger partial charge in [0, 0.05) is 12.2 Å². The molecule has 20 heavy (non-hydrogen) atoms. The van der Waals surface area contributed by atoms with Crippen LogP contribution < -0.4 is 5.73 Å². The van der Waals surface area contributed by atoms with E-state index in [1.165, 1.54) is 11.1 Å². The first-order valence-corrected chi connectivity index (χ1v) is 7.04. The maximum atomic E-state index is 9.41. The molecule has 0 atom stereocenters. The van der Waals surface area contributed by atoms with Crippen LogP contribution in [0.2, 0.25) is 0 Å². The van der Waals surface area contributed by atoms with Gasteiger partial charge in [0.25, 0.3) is 0 Å². The van der Waals surface area contributed by atoms with Crippen molar-refractivity contribution in [1.29, 1.82) is 0 Å². The first-order chi connectivity index (χ1) is 9.63. The topological polar surface area (TPSA) is 49.5 Å². The Labute approximate surface area is 120 Å². The van der Waals surface area contributed by atoms with Crippen molar-refractivity contribution in [3.8, 4) is 16.9 Å². The summed E-state index contributed by atoms with van der Waals surface area (Å²) in [6, 6.07) is 13.3. The molecule has 2 rings (SSSR count). The average Bonchev–Trinajstić information content (AvgIpc) is 2.46. The lowest BCUT2D eigenvalue weighted by Crippen LogP contribution is -2.22. The zero-order valence-corrected chi connectivity index (χ0v) is 12.1. The Morgan fingerprint density at radius 3 is 2.25 bits per heavy atom. The van der Waals surface area contributed by atoms with E-state index in [9.17, 15) is 5.11 Å². The molecule has 0 bridgehead atoms. The summed E-state index contributed by atoms with van der Waals surface area (Å²) in [5.74, 6) is 0.287. The predicted octanol–water partition coefficient (Wildman–Crippen LogP) is 3.48. The number of hydrogen-bond donors (Lipinski definition) is 2.